The third-order valence-corrected chi connectivity index (χ3v) is 4.89. The smallest absolute Gasteiger partial charge is 0.322 e. The van der Waals surface area contributed by atoms with Crippen molar-refractivity contribution in [3.05, 3.63) is 75.7 Å². The van der Waals surface area contributed by atoms with Crippen molar-refractivity contribution in [3.8, 4) is 0 Å². The highest BCUT2D eigenvalue weighted by Gasteiger charge is 2.12. The number of thioether (sulfide) groups is 1. The van der Waals surface area contributed by atoms with Gasteiger partial charge in [-0.2, -0.15) is 0 Å². The minimum Gasteiger partial charge on any atom is -0.407 e. The second-order valence-electron chi connectivity index (χ2n) is 6.64. The average Bonchev–Trinajstić information content (AvgIpc) is 3.10. The Labute approximate surface area is 171 Å². The second kappa shape index (κ2) is 9.33. The van der Waals surface area contributed by atoms with Crippen LogP contribution in [0.5, 0.6) is 0 Å². The molecule has 0 atom stereocenters. The fraction of sp³-hybridized carbons (Fsp3) is 0.250. The Bertz CT molecular complexity index is 984. The summed E-state index contributed by atoms with van der Waals surface area (Å²) in [5.74, 6) is 0.0593. The number of aromatic nitrogens is 2. The predicted molar refractivity (Wildman–Crippen MR) is 110 cm³/mol. The van der Waals surface area contributed by atoms with Gasteiger partial charge in [-0.25, -0.2) is 0 Å². The maximum atomic E-state index is 12.1. The van der Waals surface area contributed by atoms with E-state index in [0.29, 0.717) is 23.1 Å². The lowest BCUT2D eigenvalue weighted by Crippen LogP contribution is -2.14. The summed E-state index contributed by atoms with van der Waals surface area (Å²) < 4.78 is 5.49. The molecule has 0 bridgehead atoms. The summed E-state index contributed by atoms with van der Waals surface area (Å²) in [7, 11) is 0. The van der Waals surface area contributed by atoms with Gasteiger partial charge in [0.05, 0.1) is 17.8 Å². The summed E-state index contributed by atoms with van der Waals surface area (Å²) in [4.78, 5) is 23.5. The Morgan fingerprint density at radius 1 is 1.10 bits per heavy atom. The molecule has 2 aromatic carbocycles. The molecular formula is C20H20N4O4S. The van der Waals surface area contributed by atoms with E-state index in [2.05, 4.69) is 41.5 Å². The summed E-state index contributed by atoms with van der Waals surface area (Å²) in [5, 5.41) is 21.5. The number of amides is 1. The number of nitrogens with zero attached hydrogens (tertiary/aromatic N) is 3. The lowest BCUT2D eigenvalue weighted by Gasteiger charge is -2.05. The number of carbonyl (C=O) groups excluding carboxylic acids is 1. The average molecular weight is 412 g/mol. The normalized spacial score (nSPS) is 10.9. The van der Waals surface area contributed by atoms with Crippen molar-refractivity contribution in [1.82, 2.24) is 10.2 Å². The molecular weight excluding hydrogens is 392 g/mol. The van der Waals surface area contributed by atoms with Crippen molar-refractivity contribution in [2.24, 2.45) is 0 Å². The van der Waals surface area contributed by atoms with Crippen LogP contribution in [0, 0.1) is 10.1 Å². The fourth-order valence-electron chi connectivity index (χ4n) is 2.59. The van der Waals surface area contributed by atoms with E-state index in [1.54, 1.807) is 11.8 Å². The molecule has 0 saturated carbocycles. The molecule has 0 aliphatic heterocycles. The fourth-order valence-corrected chi connectivity index (χ4v) is 3.43. The number of benzene rings is 2. The largest absolute Gasteiger partial charge is 0.407 e. The van der Waals surface area contributed by atoms with Crippen LogP contribution in [0.15, 0.2) is 57.8 Å². The van der Waals surface area contributed by atoms with Crippen molar-refractivity contribution in [2.75, 3.05) is 5.32 Å². The van der Waals surface area contributed by atoms with Crippen LogP contribution in [0.2, 0.25) is 0 Å². The van der Waals surface area contributed by atoms with E-state index >= 15 is 0 Å². The zero-order valence-electron chi connectivity index (χ0n) is 16.0. The van der Waals surface area contributed by atoms with Gasteiger partial charge in [0.15, 0.2) is 0 Å². The van der Waals surface area contributed by atoms with E-state index in [-0.39, 0.29) is 24.0 Å². The lowest BCUT2D eigenvalue weighted by atomic mass is 10.1. The van der Waals surface area contributed by atoms with Crippen LogP contribution < -0.4 is 5.32 Å². The van der Waals surface area contributed by atoms with Gasteiger partial charge >= 0.3 is 6.01 Å². The molecule has 3 rings (SSSR count). The van der Waals surface area contributed by atoms with Crippen LogP contribution in [0.3, 0.4) is 0 Å². The highest BCUT2D eigenvalue weighted by atomic mass is 32.2. The van der Waals surface area contributed by atoms with Crippen molar-refractivity contribution in [3.63, 3.8) is 0 Å². The molecule has 150 valence electrons. The summed E-state index contributed by atoms with van der Waals surface area (Å²) in [6.45, 7) is 4.29. The van der Waals surface area contributed by atoms with Crippen molar-refractivity contribution in [2.45, 2.75) is 36.8 Å². The highest BCUT2D eigenvalue weighted by molar-refractivity contribution is 7.99. The molecule has 29 heavy (non-hydrogen) atoms. The summed E-state index contributed by atoms with van der Waals surface area (Å²) >= 11 is 1.79. The Morgan fingerprint density at radius 3 is 2.38 bits per heavy atom. The standard InChI is InChI=1S/C20H20N4O4S/c1-13(2)29-17-9-5-15(6-10-17)12-19-22-23-20(28-19)21-18(25)11-14-3-7-16(8-4-14)24(26)27/h3-10,13H,11-12H2,1-2H3,(H,21,23,25). The number of hydrogen-bond acceptors (Lipinski definition) is 7. The molecule has 0 radical (unpaired) electrons. The third-order valence-electron chi connectivity index (χ3n) is 3.88. The Morgan fingerprint density at radius 2 is 1.76 bits per heavy atom. The van der Waals surface area contributed by atoms with Gasteiger partial charge in [-0.05, 0) is 23.3 Å². The van der Waals surface area contributed by atoms with Gasteiger partial charge in [-0.3, -0.25) is 20.2 Å². The Hall–Kier alpha value is -3.20. The van der Waals surface area contributed by atoms with Gasteiger partial charge < -0.3 is 4.42 Å². The van der Waals surface area contributed by atoms with Crippen LogP contribution in [-0.2, 0) is 17.6 Å². The number of hydrogen-bond donors (Lipinski definition) is 1. The molecule has 0 aliphatic carbocycles. The number of carbonyl (C=O) groups is 1. The van der Waals surface area contributed by atoms with E-state index < -0.39 is 4.92 Å². The first-order chi connectivity index (χ1) is 13.9. The molecule has 8 nitrogen and oxygen atoms in total. The molecule has 3 aromatic rings. The molecule has 1 N–H and O–H groups in total. The maximum Gasteiger partial charge on any atom is 0.322 e. The second-order valence-corrected chi connectivity index (χ2v) is 8.29. The molecule has 0 spiro atoms. The molecule has 0 unspecified atom stereocenters. The van der Waals surface area contributed by atoms with Gasteiger partial charge in [0.1, 0.15) is 0 Å². The zero-order chi connectivity index (χ0) is 20.8. The van der Waals surface area contributed by atoms with Crippen LogP contribution in [-0.4, -0.2) is 26.3 Å². The van der Waals surface area contributed by atoms with Gasteiger partial charge in [-0.1, -0.05) is 43.2 Å². The SMILES string of the molecule is CC(C)Sc1ccc(Cc2nnc(NC(=O)Cc3ccc([N+](=O)[O-])cc3)o2)cc1. The third kappa shape index (κ3) is 6.15. The predicted octanol–water partition coefficient (Wildman–Crippen LogP) is 4.25. The van der Waals surface area contributed by atoms with Gasteiger partial charge in [0, 0.05) is 22.3 Å². The van der Waals surface area contributed by atoms with Crippen LogP contribution in [0.4, 0.5) is 11.7 Å². The minimum absolute atomic E-state index is 0.0217. The number of anilines is 1. The molecule has 0 fully saturated rings. The summed E-state index contributed by atoms with van der Waals surface area (Å²) in [6, 6.07) is 14.0. The van der Waals surface area contributed by atoms with Crippen LogP contribution in [0.25, 0.3) is 0 Å². The van der Waals surface area contributed by atoms with E-state index in [4.69, 9.17) is 4.42 Å². The van der Waals surface area contributed by atoms with Gasteiger partial charge in [0.2, 0.25) is 11.8 Å². The van der Waals surface area contributed by atoms with E-state index in [1.165, 1.54) is 29.2 Å². The van der Waals surface area contributed by atoms with Gasteiger partial charge in [-0.15, -0.1) is 16.9 Å². The van der Waals surface area contributed by atoms with Crippen molar-refractivity contribution >= 4 is 29.4 Å². The first kappa shape index (κ1) is 20.5. The maximum absolute atomic E-state index is 12.1. The number of rotatable bonds is 8. The molecule has 9 heteroatoms. The first-order valence-corrected chi connectivity index (χ1v) is 9.88. The molecule has 0 aliphatic rings. The Kier molecular flexibility index (Phi) is 6.61. The van der Waals surface area contributed by atoms with E-state index in [0.717, 1.165) is 5.56 Å². The van der Waals surface area contributed by atoms with E-state index in [1.807, 2.05) is 12.1 Å². The van der Waals surface area contributed by atoms with Crippen LogP contribution >= 0.6 is 11.8 Å². The molecule has 1 aromatic heterocycles. The number of non-ortho nitro benzene ring substituents is 1. The lowest BCUT2D eigenvalue weighted by molar-refractivity contribution is -0.384. The minimum atomic E-state index is -0.486. The van der Waals surface area contributed by atoms with Crippen molar-refractivity contribution in [1.29, 1.82) is 0 Å². The topological polar surface area (TPSA) is 111 Å². The van der Waals surface area contributed by atoms with Crippen LogP contribution in [0.1, 0.15) is 30.9 Å². The number of nitrogens with one attached hydrogen (secondary N) is 1. The zero-order valence-corrected chi connectivity index (χ0v) is 16.8. The summed E-state index contributed by atoms with van der Waals surface area (Å²) in [6.07, 6.45) is 0.516. The highest BCUT2D eigenvalue weighted by Crippen LogP contribution is 2.23. The Balaban J connectivity index is 1.54. The number of nitro groups is 1. The summed E-state index contributed by atoms with van der Waals surface area (Å²) in [5.41, 5.74) is 1.66. The number of nitro benzene ring substituents is 1. The first-order valence-electron chi connectivity index (χ1n) is 9.00. The quantitative estimate of drug-likeness (QED) is 0.334. The molecule has 1 amide bonds. The monoisotopic (exact) mass is 412 g/mol. The molecule has 0 saturated heterocycles. The van der Waals surface area contributed by atoms with Gasteiger partial charge in [0.25, 0.3) is 5.69 Å². The van der Waals surface area contributed by atoms with Crippen molar-refractivity contribution < 1.29 is 14.1 Å². The molecule has 1 heterocycles. The van der Waals surface area contributed by atoms with E-state index in [9.17, 15) is 14.9 Å².